The minimum absolute atomic E-state index is 0.104. The minimum atomic E-state index is -0.256. The van der Waals surface area contributed by atoms with Crippen molar-refractivity contribution in [3.8, 4) is 39.6 Å². The molecule has 6 aromatic carbocycles. The van der Waals surface area contributed by atoms with Crippen molar-refractivity contribution >= 4 is 32.6 Å². The van der Waals surface area contributed by atoms with Crippen LogP contribution in [-0.4, -0.2) is 14.5 Å². The number of benzene rings is 6. The molecule has 0 spiro atoms. The van der Waals surface area contributed by atoms with Gasteiger partial charge in [0.25, 0.3) is 0 Å². The fourth-order valence-electron chi connectivity index (χ4n) is 8.64. The van der Waals surface area contributed by atoms with Gasteiger partial charge in [0.1, 0.15) is 0 Å². The average molecular weight is 604 g/mol. The molecule has 0 unspecified atom stereocenters. The van der Waals surface area contributed by atoms with Crippen LogP contribution in [0.3, 0.4) is 0 Å². The maximum Gasteiger partial charge on any atom is 0.235 e. The summed E-state index contributed by atoms with van der Waals surface area (Å²) in [5, 5.41) is 4.85. The molecule has 10 rings (SSSR count). The molecule has 0 saturated heterocycles. The van der Waals surface area contributed by atoms with Gasteiger partial charge in [-0.05, 0) is 62.9 Å². The van der Waals surface area contributed by atoms with Gasteiger partial charge >= 0.3 is 0 Å². The lowest BCUT2D eigenvalue weighted by Crippen LogP contribution is -2.18. The van der Waals surface area contributed by atoms with Crippen LogP contribution in [0.25, 0.3) is 72.2 Å². The number of para-hydroxylation sites is 1. The van der Waals surface area contributed by atoms with Crippen LogP contribution >= 0.6 is 0 Å². The molecule has 0 fully saturated rings. The summed E-state index contributed by atoms with van der Waals surface area (Å²) in [4.78, 5) is 11.1. The fourth-order valence-corrected chi connectivity index (χ4v) is 8.64. The zero-order chi connectivity index (χ0) is 31.7. The summed E-state index contributed by atoms with van der Waals surface area (Å²) in [6, 6.07) is 46.5. The third-order valence-electron chi connectivity index (χ3n) is 11.0. The summed E-state index contributed by atoms with van der Waals surface area (Å²) >= 11 is 0. The molecule has 0 atom stereocenters. The predicted octanol–water partition coefficient (Wildman–Crippen LogP) is 11.0. The molecule has 0 N–H and O–H groups in total. The molecule has 2 aliphatic carbocycles. The van der Waals surface area contributed by atoms with Crippen LogP contribution in [0.2, 0.25) is 0 Å². The molecule has 47 heavy (non-hydrogen) atoms. The van der Waals surface area contributed by atoms with E-state index in [1.165, 1.54) is 60.5 Å². The largest absolute Gasteiger partial charge is 0.278 e. The Kier molecular flexibility index (Phi) is 5.13. The summed E-state index contributed by atoms with van der Waals surface area (Å²) in [7, 11) is 0. The fraction of sp³-hybridized carbons (Fsp3) is 0.136. The van der Waals surface area contributed by atoms with E-state index < -0.39 is 0 Å². The van der Waals surface area contributed by atoms with Crippen LogP contribution in [0, 0.1) is 0 Å². The first-order chi connectivity index (χ1) is 22.8. The van der Waals surface area contributed by atoms with E-state index in [1.54, 1.807) is 0 Å². The Bertz CT molecular complexity index is 2640. The second kappa shape index (κ2) is 9.04. The molecule has 0 radical (unpaired) electrons. The first-order valence-electron chi connectivity index (χ1n) is 16.5. The zero-order valence-electron chi connectivity index (χ0n) is 27.0. The van der Waals surface area contributed by atoms with E-state index >= 15 is 0 Å². The summed E-state index contributed by atoms with van der Waals surface area (Å²) in [6.07, 6.45) is 0. The van der Waals surface area contributed by atoms with Crippen molar-refractivity contribution in [1.82, 2.24) is 14.5 Å². The Morgan fingerprint density at radius 3 is 1.89 bits per heavy atom. The summed E-state index contributed by atoms with van der Waals surface area (Å²) in [5.74, 6) is 0.704. The molecule has 0 amide bonds. The normalized spacial score (nSPS) is 15.1. The summed E-state index contributed by atoms with van der Waals surface area (Å²) < 4.78 is 2.28. The van der Waals surface area contributed by atoms with Crippen molar-refractivity contribution in [1.29, 1.82) is 0 Å². The Hall–Kier alpha value is -5.54. The number of aromatic nitrogens is 3. The van der Waals surface area contributed by atoms with Crippen LogP contribution in [0.1, 0.15) is 49.9 Å². The maximum absolute atomic E-state index is 5.59. The van der Waals surface area contributed by atoms with Crippen molar-refractivity contribution in [2.45, 2.75) is 38.5 Å². The van der Waals surface area contributed by atoms with E-state index in [0.717, 1.165) is 28.0 Å². The number of fused-ring (bicyclic) bond motifs is 10. The van der Waals surface area contributed by atoms with Crippen molar-refractivity contribution in [3.05, 3.63) is 150 Å². The SMILES string of the molecule is CC1(C)c2ccccc2-c2ccc(-c3nc(-n4c5ccccc5c5cc6ccccc6cc54)nc4c3C(C)(C)c3ccccc3-4)cc21. The predicted molar refractivity (Wildman–Crippen MR) is 194 cm³/mol. The lowest BCUT2D eigenvalue weighted by molar-refractivity contribution is 0.655. The molecular weight excluding hydrogens is 571 g/mol. The van der Waals surface area contributed by atoms with E-state index in [0.29, 0.717) is 5.95 Å². The van der Waals surface area contributed by atoms with Gasteiger partial charge in [-0.25, -0.2) is 9.97 Å². The summed E-state index contributed by atoms with van der Waals surface area (Å²) in [6.45, 7) is 9.34. The Morgan fingerprint density at radius 1 is 0.468 bits per heavy atom. The molecule has 0 aliphatic heterocycles. The van der Waals surface area contributed by atoms with Gasteiger partial charge in [0, 0.05) is 38.3 Å². The molecule has 0 saturated carbocycles. The van der Waals surface area contributed by atoms with Gasteiger partial charge < -0.3 is 0 Å². The molecule has 3 nitrogen and oxygen atoms in total. The third-order valence-corrected chi connectivity index (χ3v) is 11.0. The van der Waals surface area contributed by atoms with E-state index in [9.17, 15) is 0 Å². The molecular formula is C44H33N3. The molecule has 224 valence electrons. The van der Waals surface area contributed by atoms with E-state index in [-0.39, 0.29) is 10.8 Å². The summed E-state index contributed by atoms with van der Waals surface area (Å²) in [5.41, 5.74) is 14.1. The van der Waals surface area contributed by atoms with Crippen molar-refractivity contribution in [2.24, 2.45) is 0 Å². The lowest BCUT2D eigenvalue weighted by atomic mass is 9.79. The maximum atomic E-state index is 5.59. The van der Waals surface area contributed by atoms with Gasteiger partial charge in [0.15, 0.2) is 0 Å². The molecule has 3 heteroatoms. The van der Waals surface area contributed by atoms with Crippen molar-refractivity contribution in [3.63, 3.8) is 0 Å². The van der Waals surface area contributed by atoms with Crippen molar-refractivity contribution in [2.75, 3.05) is 0 Å². The molecule has 2 heterocycles. The highest BCUT2D eigenvalue weighted by Gasteiger charge is 2.41. The second-order valence-electron chi connectivity index (χ2n) is 14.3. The van der Waals surface area contributed by atoms with Gasteiger partial charge in [0.05, 0.1) is 22.4 Å². The highest BCUT2D eigenvalue weighted by molar-refractivity contribution is 6.13. The smallest absolute Gasteiger partial charge is 0.235 e. The third kappa shape index (κ3) is 3.46. The lowest BCUT2D eigenvalue weighted by Gasteiger charge is -2.25. The first-order valence-corrected chi connectivity index (χ1v) is 16.5. The number of hydrogen-bond donors (Lipinski definition) is 0. The van der Waals surface area contributed by atoms with Crippen LogP contribution in [-0.2, 0) is 10.8 Å². The number of rotatable bonds is 2. The van der Waals surface area contributed by atoms with Gasteiger partial charge in [0.2, 0.25) is 5.95 Å². The number of hydrogen-bond acceptors (Lipinski definition) is 2. The van der Waals surface area contributed by atoms with Crippen LogP contribution in [0.4, 0.5) is 0 Å². The number of nitrogens with zero attached hydrogens (tertiary/aromatic N) is 3. The topological polar surface area (TPSA) is 30.7 Å². The Balaban J connectivity index is 1.31. The Labute approximate surface area is 274 Å². The molecule has 2 aliphatic rings. The van der Waals surface area contributed by atoms with Gasteiger partial charge in [-0.3, -0.25) is 4.57 Å². The van der Waals surface area contributed by atoms with Crippen LogP contribution in [0.15, 0.2) is 127 Å². The van der Waals surface area contributed by atoms with Gasteiger partial charge in [-0.1, -0.05) is 131 Å². The average Bonchev–Trinajstić information content (AvgIpc) is 3.63. The quantitative estimate of drug-likeness (QED) is 0.197. The molecule has 0 bridgehead atoms. The Morgan fingerprint density at radius 2 is 1.09 bits per heavy atom. The van der Waals surface area contributed by atoms with Gasteiger partial charge in [-0.2, -0.15) is 0 Å². The standard InChI is InChI=1S/C44H33N3/c1-43(2)34-18-10-7-15-29(34)30-22-21-28(24-36(30)43)40-39-41(32-17-8-11-19-35(32)44(39,3)4)46-42(45-40)47-37-20-12-9-16-31(37)33-23-26-13-5-6-14-27(26)25-38(33)47/h5-25H,1-4H3. The van der Waals surface area contributed by atoms with Gasteiger partial charge in [-0.15, -0.1) is 0 Å². The molecule has 8 aromatic rings. The highest BCUT2D eigenvalue weighted by atomic mass is 15.2. The second-order valence-corrected chi connectivity index (χ2v) is 14.3. The minimum Gasteiger partial charge on any atom is -0.278 e. The van der Waals surface area contributed by atoms with E-state index in [2.05, 4.69) is 160 Å². The van der Waals surface area contributed by atoms with Crippen LogP contribution < -0.4 is 0 Å². The van der Waals surface area contributed by atoms with Crippen LogP contribution in [0.5, 0.6) is 0 Å². The van der Waals surface area contributed by atoms with E-state index in [4.69, 9.17) is 9.97 Å². The zero-order valence-corrected chi connectivity index (χ0v) is 27.0. The van der Waals surface area contributed by atoms with E-state index in [1.807, 2.05) is 0 Å². The first kappa shape index (κ1) is 26.7. The molecule has 2 aromatic heterocycles. The highest BCUT2D eigenvalue weighted by Crippen LogP contribution is 2.53. The van der Waals surface area contributed by atoms with Crippen molar-refractivity contribution < 1.29 is 0 Å². The monoisotopic (exact) mass is 603 g/mol.